The van der Waals surface area contributed by atoms with E-state index < -0.39 is 0 Å². The first kappa shape index (κ1) is 41.6. The van der Waals surface area contributed by atoms with Gasteiger partial charge in [0.15, 0.2) is 0 Å². The Morgan fingerprint density at radius 2 is 0.934 bits per heavy atom. The number of hydrogen-bond donors (Lipinski definition) is 0. The van der Waals surface area contributed by atoms with Crippen LogP contribution in [-0.4, -0.2) is 6.61 Å². The molecule has 298 valence electrons. The predicted octanol–water partition coefficient (Wildman–Crippen LogP) is 15.6. The zero-order valence-electron chi connectivity index (χ0n) is 35.2. The summed E-state index contributed by atoms with van der Waals surface area (Å²) in [6, 6.07) is 71.2. The average molecular weight is 790 g/mol. The molecule has 0 N–H and O–H groups in total. The molecular weight excluding hydrogens is 739 g/mol. The van der Waals surface area contributed by atoms with Crippen LogP contribution >= 0.6 is 0 Å². The van der Waals surface area contributed by atoms with Crippen LogP contribution < -0.4 is 9.64 Å². The van der Waals surface area contributed by atoms with Crippen LogP contribution in [0.1, 0.15) is 27.8 Å². The highest BCUT2D eigenvalue weighted by Gasteiger charge is 2.15. The van der Waals surface area contributed by atoms with Crippen molar-refractivity contribution in [2.75, 3.05) is 11.5 Å². The number of terminal acetylenes is 1. The molecular formula is C59H51NO. The Labute approximate surface area is 362 Å². The molecule has 9 rings (SSSR count). The maximum Gasteiger partial charge on any atom is 0.123 e. The molecule has 0 radical (unpaired) electrons. The third-order valence-electron chi connectivity index (χ3n) is 10.9. The maximum atomic E-state index is 6.31. The fraction of sp³-hybridized carbons (Fsp3) is 0.0847. The van der Waals surface area contributed by atoms with Gasteiger partial charge < -0.3 is 9.64 Å². The van der Waals surface area contributed by atoms with Crippen molar-refractivity contribution >= 4 is 22.6 Å². The molecule has 8 aromatic carbocycles. The number of allylic oxidation sites excluding steroid dienone is 3. The lowest BCUT2D eigenvalue weighted by Gasteiger charge is -2.26. The van der Waals surface area contributed by atoms with Gasteiger partial charge in [-0.3, -0.25) is 0 Å². The molecule has 0 bridgehead atoms. The SMILES string of the molecule is C#C.Cc1ccccc1.Cc1ccccc1-c1cc(-c2ccc(N(c3ccc(/C4=C/C=C\Cc5ccccc5OC4)cc3)c3ccc(-c4ccccc4)cc3)cc2)ccc1C. The van der Waals surface area contributed by atoms with Gasteiger partial charge in [-0.25, -0.2) is 0 Å². The highest BCUT2D eigenvalue weighted by atomic mass is 16.5. The van der Waals surface area contributed by atoms with Crippen molar-refractivity contribution in [1.29, 1.82) is 0 Å². The van der Waals surface area contributed by atoms with Gasteiger partial charge in [0.05, 0.1) is 0 Å². The summed E-state index contributed by atoms with van der Waals surface area (Å²) in [6.45, 7) is 6.97. The number of anilines is 3. The summed E-state index contributed by atoms with van der Waals surface area (Å²) >= 11 is 0. The first-order valence-corrected chi connectivity index (χ1v) is 20.7. The highest BCUT2D eigenvalue weighted by Crippen LogP contribution is 2.38. The first-order valence-electron chi connectivity index (χ1n) is 20.7. The third-order valence-corrected chi connectivity index (χ3v) is 10.9. The van der Waals surface area contributed by atoms with E-state index in [9.17, 15) is 0 Å². The summed E-state index contributed by atoms with van der Waals surface area (Å²) in [5, 5.41) is 0. The molecule has 61 heavy (non-hydrogen) atoms. The van der Waals surface area contributed by atoms with Crippen LogP contribution in [0.5, 0.6) is 5.75 Å². The van der Waals surface area contributed by atoms with E-state index in [-0.39, 0.29) is 0 Å². The van der Waals surface area contributed by atoms with E-state index in [0.29, 0.717) is 6.61 Å². The minimum Gasteiger partial charge on any atom is -0.489 e. The molecule has 0 unspecified atom stereocenters. The molecule has 8 aromatic rings. The van der Waals surface area contributed by atoms with Gasteiger partial charge in [-0.2, -0.15) is 0 Å². The monoisotopic (exact) mass is 789 g/mol. The molecule has 0 saturated carbocycles. The Morgan fingerprint density at radius 1 is 0.443 bits per heavy atom. The van der Waals surface area contributed by atoms with Crippen molar-refractivity contribution in [3.63, 3.8) is 0 Å². The summed E-state index contributed by atoms with van der Waals surface area (Å²) in [5.41, 5.74) is 18.0. The lowest BCUT2D eigenvalue weighted by molar-refractivity contribution is 0.366. The van der Waals surface area contributed by atoms with Gasteiger partial charge in [-0.05, 0) is 137 Å². The van der Waals surface area contributed by atoms with E-state index in [0.717, 1.165) is 40.4 Å². The predicted molar refractivity (Wildman–Crippen MR) is 261 cm³/mol. The Hall–Kier alpha value is -7.60. The number of para-hydroxylation sites is 1. The molecule has 2 heteroatoms. The summed E-state index contributed by atoms with van der Waals surface area (Å²) in [5.74, 6) is 0.946. The standard InChI is InChI=1S/C50H41NO.C7H8.C2H2/c1-36-12-6-10-18-48(36)49-34-43(21-20-37(49)2)40-24-30-46(31-25-40)51(45-28-22-39(23-29-45)38-13-4-3-5-14-38)47-32-26-41(27-33-47)44-17-8-7-15-42-16-9-11-19-50(42)52-35-44;1-7-5-3-2-4-6-7;1-2/h3-14,16-34H,15,35H2,1-2H3;2-6H,1H3;1-2H/b8-7-,44-17+;;. The summed E-state index contributed by atoms with van der Waals surface area (Å²) in [4.78, 5) is 2.33. The smallest absolute Gasteiger partial charge is 0.123 e. The number of fused-ring (bicyclic) bond motifs is 1. The van der Waals surface area contributed by atoms with Gasteiger partial charge in [0.25, 0.3) is 0 Å². The first-order chi connectivity index (χ1) is 30.0. The number of rotatable bonds is 7. The maximum absolute atomic E-state index is 6.31. The Morgan fingerprint density at radius 3 is 1.54 bits per heavy atom. The van der Waals surface area contributed by atoms with Gasteiger partial charge >= 0.3 is 0 Å². The van der Waals surface area contributed by atoms with Crippen LogP contribution in [0.4, 0.5) is 17.1 Å². The van der Waals surface area contributed by atoms with Gasteiger partial charge in [0, 0.05) is 17.1 Å². The second kappa shape index (κ2) is 20.4. The van der Waals surface area contributed by atoms with Crippen LogP contribution in [0.2, 0.25) is 0 Å². The zero-order chi connectivity index (χ0) is 42.4. The third kappa shape index (κ3) is 10.4. The van der Waals surface area contributed by atoms with E-state index >= 15 is 0 Å². The topological polar surface area (TPSA) is 12.5 Å². The minimum absolute atomic E-state index is 0.511. The Balaban J connectivity index is 0.000000561. The van der Waals surface area contributed by atoms with Crippen molar-refractivity contribution in [3.8, 4) is 52.0 Å². The number of ether oxygens (including phenoxy) is 1. The molecule has 2 nitrogen and oxygen atoms in total. The quantitative estimate of drug-likeness (QED) is 0.149. The van der Waals surface area contributed by atoms with Gasteiger partial charge in [-0.15, -0.1) is 12.8 Å². The fourth-order valence-corrected chi connectivity index (χ4v) is 7.59. The molecule has 0 aliphatic carbocycles. The van der Waals surface area contributed by atoms with Crippen molar-refractivity contribution < 1.29 is 4.74 Å². The molecule has 1 aliphatic rings. The lowest BCUT2D eigenvalue weighted by atomic mass is 9.93. The van der Waals surface area contributed by atoms with Gasteiger partial charge in [0.1, 0.15) is 12.4 Å². The van der Waals surface area contributed by atoms with E-state index in [4.69, 9.17) is 4.74 Å². The second-order valence-corrected chi connectivity index (χ2v) is 15.1. The largest absolute Gasteiger partial charge is 0.489 e. The molecule has 1 aliphatic heterocycles. The summed E-state index contributed by atoms with van der Waals surface area (Å²) < 4.78 is 6.31. The minimum atomic E-state index is 0.511. The molecule has 0 spiro atoms. The van der Waals surface area contributed by atoms with Crippen LogP contribution in [0.15, 0.2) is 218 Å². The van der Waals surface area contributed by atoms with Crippen molar-refractivity contribution in [2.24, 2.45) is 0 Å². The number of hydrogen-bond acceptors (Lipinski definition) is 2. The molecule has 0 amide bonds. The van der Waals surface area contributed by atoms with Crippen LogP contribution in [0, 0.1) is 33.6 Å². The van der Waals surface area contributed by atoms with Crippen molar-refractivity contribution in [1.82, 2.24) is 0 Å². The van der Waals surface area contributed by atoms with E-state index in [1.165, 1.54) is 55.6 Å². The normalized spacial score (nSPS) is 13.0. The number of benzene rings is 8. The van der Waals surface area contributed by atoms with Gasteiger partial charge in [-0.1, -0.05) is 175 Å². The molecule has 0 saturated heterocycles. The zero-order valence-corrected chi connectivity index (χ0v) is 35.2. The second-order valence-electron chi connectivity index (χ2n) is 15.1. The molecule has 0 atom stereocenters. The molecule has 1 heterocycles. The van der Waals surface area contributed by atoms with E-state index in [1.54, 1.807) is 0 Å². The van der Waals surface area contributed by atoms with Gasteiger partial charge in [0.2, 0.25) is 0 Å². The van der Waals surface area contributed by atoms with Crippen molar-refractivity contribution in [2.45, 2.75) is 27.2 Å². The average Bonchev–Trinajstić information content (AvgIpc) is 3.43. The Bertz CT molecular complexity index is 2720. The van der Waals surface area contributed by atoms with E-state index in [2.05, 4.69) is 233 Å². The summed E-state index contributed by atoms with van der Waals surface area (Å²) in [6.07, 6.45) is 15.4. The van der Waals surface area contributed by atoms with Crippen molar-refractivity contribution in [3.05, 3.63) is 246 Å². The van der Waals surface area contributed by atoms with E-state index in [1.807, 2.05) is 24.3 Å². The lowest BCUT2D eigenvalue weighted by Crippen LogP contribution is -2.10. The molecule has 0 fully saturated rings. The summed E-state index contributed by atoms with van der Waals surface area (Å²) in [7, 11) is 0. The van der Waals surface area contributed by atoms with Crippen LogP contribution in [0.25, 0.3) is 39.0 Å². The van der Waals surface area contributed by atoms with Crippen LogP contribution in [-0.2, 0) is 6.42 Å². The fourth-order valence-electron chi connectivity index (χ4n) is 7.59. The highest BCUT2D eigenvalue weighted by molar-refractivity contribution is 5.82. The number of aryl methyl sites for hydroxylation is 3. The van der Waals surface area contributed by atoms with Crippen LogP contribution in [0.3, 0.4) is 0 Å². The molecule has 0 aromatic heterocycles. The number of nitrogens with zero attached hydrogens (tertiary/aromatic N) is 1. The Kier molecular flexibility index (Phi) is 13.9.